The Labute approximate surface area is 148 Å². The minimum absolute atomic E-state index is 0.0147. The zero-order valence-corrected chi connectivity index (χ0v) is 13.6. The summed E-state index contributed by atoms with van der Waals surface area (Å²) in [6.45, 7) is 0. The maximum Gasteiger partial charge on any atom is 0.270 e. The highest BCUT2D eigenvalue weighted by Crippen LogP contribution is 2.26. The van der Waals surface area contributed by atoms with Gasteiger partial charge in [0.1, 0.15) is 17.3 Å². The SMILES string of the molecule is O=C(CCc1ccc(-c2cccc([N+](=O)[O-])c2)o1)Nc1ccc(F)cc1. The van der Waals surface area contributed by atoms with Crippen LogP contribution >= 0.6 is 0 Å². The van der Waals surface area contributed by atoms with Gasteiger partial charge in [0.25, 0.3) is 5.69 Å². The van der Waals surface area contributed by atoms with Crippen molar-refractivity contribution in [3.63, 3.8) is 0 Å². The Hall–Kier alpha value is -3.48. The highest BCUT2D eigenvalue weighted by atomic mass is 19.1. The van der Waals surface area contributed by atoms with E-state index in [1.165, 1.54) is 36.4 Å². The third-order valence-electron chi connectivity index (χ3n) is 3.73. The molecule has 0 atom stereocenters. The number of carbonyl (C=O) groups is 1. The number of anilines is 1. The average molecular weight is 354 g/mol. The molecular weight excluding hydrogens is 339 g/mol. The van der Waals surface area contributed by atoms with E-state index in [1.807, 2.05) is 0 Å². The normalized spacial score (nSPS) is 10.5. The molecule has 6 nitrogen and oxygen atoms in total. The van der Waals surface area contributed by atoms with Crippen LogP contribution < -0.4 is 5.32 Å². The molecule has 0 spiro atoms. The third-order valence-corrected chi connectivity index (χ3v) is 3.73. The molecule has 1 N–H and O–H groups in total. The van der Waals surface area contributed by atoms with Crippen molar-refractivity contribution in [1.29, 1.82) is 0 Å². The van der Waals surface area contributed by atoms with Crippen molar-refractivity contribution < 1.29 is 18.5 Å². The molecular formula is C19H15FN2O4. The highest BCUT2D eigenvalue weighted by molar-refractivity contribution is 5.90. The van der Waals surface area contributed by atoms with Gasteiger partial charge < -0.3 is 9.73 Å². The van der Waals surface area contributed by atoms with E-state index in [0.717, 1.165) is 0 Å². The molecule has 0 aliphatic rings. The second kappa shape index (κ2) is 7.60. The van der Waals surface area contributed by atoms with Crippen molar-refractivity contribution in [1.82, 2.24) is 0 Å². The van der Waals surface area contributed by atoms with E-state index in [2.05, 4.69) is 5.32 Å². The van der Waals surface area contributed by atoms with E-state index < -0.39 is 4.92 Å². The predicted octanol–water partition coefficient (Wildman–Crippen LogP) is 4.57. The highest BCUT2D eigenvalue weighted by Gasteiger charge is 2.11. The van der Waals surface area contributed by atoms with Crippen molar-refractivity contribution in [3.8, 4) is 11.3 Å². The van der Waals surface area contributed by atoms with Crippen LogP contribution in [0.4, 0.5) is 15.8 Å². The number of amides is 1. The standard InChI is InChI=1S/C19H15FN2O4/c20-14-4-6-15(7-5-14)21-19(23)11-9-17-8-10-18(26-17)13-2-1-3-16(12-13)22(24)25/h1-8,10,12H,9,11H2,(H,21,23). The Morgan fingerprint density at radius 3 is 2.62 bits per heavy atom. The van der Waals surface area contributed by atoms with Crippen LogP contribution in [0.2, 0.25) is 0 Å². The molecule has 0 aliphatic heterocycles. The van der Waals surface area contributed by atoms with Gasteiger partial charge in [-0.3, -0.25) is 14.9 Å². The van der Waals surface area contributed by atoms with Gasteiger partial charge >= 0.3 is 0 Å². The number of halogens is 1. The molecule has 0 radical (unpaired) electrons. The summed E-state index contributed by atoms with van der Waals surface area (Å²) in [5.74, 6) is 0.514. The summed E-state index contributed by atoms with van der Waals surface area (Å²) in [7, 11) is 0. The maximum absolute atomic E-state index is 12.8. The molecule has 0 bridgehead atoms. The van der Waals surface area contributed by atoms with Crippen molar-refractivity contribution in [2.75, 3.05) is 5.32 Å². The van der Waals surface area contributed by atoms with Crippen LogP contribution in [-0.2, 0) is 11.2 Å². The average Bonchev–Trinajstić information content (AvgIpc) is 3.11. The Morgan fingerprint density at radius 1 is 1.12 bits per heavy atom. The van der Waals surface area contributed by atoms with Gasteiger partial charge in [0.2, 0.25) is 5.91 Å². The van der Waals surface area contributed by atoms with Gasteiger partial charge in [-0.2, -0.15) is 0 Å². The van der Waals surface area contributed by atoms with Crippen LogP contribution in [0.3, 0.4) is 0 Å². The molecule has 3 rings (SSSR count). The van der Waals surface area contributed by atoms with Crippen molar-refractivity contribution in [2.24, 2.45) is 0 Å². The van der Waals surface area contributed by atoms with E-state index in [-0.39, 0.29) is 23.8 Å². The van der Waals surface area contributed by atoms with Crippen LogP contribution in [0.5, 0.6) is 0 Å². The van der Waals surface area contributed by atoms with Crippen LogP contribution in [0.15, 0.2) is 65.1 Å². The summed E-state index contributed by atoms with van der Waals surface area (Å²) in [5, 5.41) is 13.5. The Bertz CT molecular complexity index is 935. The molecule has 0 saturated heterocycles. The third kappa shape index (κ3) is 4.32. The van der Waals surface area contributed by atoms with Gasteiger partial charge in [0, 0.05) is 36.2 Å². The first-order valence-corrected chi connectivity index (χ1v) is 7.90. The second-order valence-corrected chi connectivity index (χ2v) is 5.63. The number of rotatable bonds is 6. The van der Waals surface area contributed by atoms with E-state index in [4.69, 9.17) is 4.42 Å². The van der Waals surface area contributed by atoms with Gasteiger partial charge in [-0.15, -0.1) is 0 Å². The summed E-state index contributed by atoms with van der Waals surface area (Å²) in [6, 6.07) is 15.1. The molecule has 1 heterocycles. The fourth-order valence-electron chi connectivity index (χ4n) is 2.43. The molecule has 1 amide bonds. The molecule has 132 valence electrons. The molecule has 1 aromatic heterocycles. The summed E-state index contributed by atoms with van der Waals surface area (Å²) < 4.78 is 18.5. The molecule has 26 heavy (non-hydrogen) atoms. The van der Waals surface area contributed by atoms with Gasteiger partial charge in [-0.05, 0) is 36.4 Å². The first-order chi connectivity index (χ1) is 12.5. The number of carbonyl (C=O) groups excluding carboxylic acids is 1. The quantitative estimate of drug-likeness (QED) is 0.519. The van der Waals surface area contributed by atoms with Crippen molar-refractivity contribution in [2.45, 2.75) is 12.8 Å². The molecule has 0 fully saturated rings. The lowest BCUT2D eigenvalue weighted by atomic mass is 10.1. The summed E-state index contributed by atoms with van der Waals surface area (Å²) >= 11 is 0. The molecule has 7 heteroatoms. The minimum Gasteiger partial charge on any atom is -0.461 e. The molecule has 0 aliphatic carbocycles. The summed E-state index contributed by atoms with van der Waals surface area (Å²) in [5.41, 5.74) is 1.11. The first kappa shape index (κ1) is 17.3. The lowest BCUT2D eigenvalue weighted by Gasteiger charge is -2.04. The van der Waals surface area contributed by atoms with E-state index >= 15 is 0 Å². The molecule has 2 aromatic carbocycles. The summed E-state index contributed by atoms with van der Waals surface area (Å²) in [4.78, 5) is 22.3. The molecule has 0 saturated carbocycles. The fourth-order valence-corrected chi connectivity index (χ4v) is 2.43. The maximum atomic E-state index is 12.8. The van der Waals surface area contributed by atoms with Crippen LogP contribution in [0.1, 0.15) is 12.2 Å². The van der Waals surface area contributed by atoms with Gasteiger partial charge in [-0.1, -0.05) is 12.1 Å². The lowest BCUT2D eigenvalue weighted by Crippen LogP contribution is -2.12. The lowest BCUT2D eigenvalue weighted by molar-refractivity contribution is -0.384. The minimum atomic E-state index is -0.465. The second-order valence-electron chi connectivity index (χ2n) is 5.63. The van der Waals surface area contributed by atoms with Gasteiger partial charge in [0.05, 0.1) is 4.92 Å². The van der Waals surface area contributed by atoms with E-state index in [9.17, 15) is 19.3 Å². The largest absolute Gasteiger partial charge is 0.461 e. The number of hydrogen-bond acceptors (Lipinski definition) is 4. The van der Waals surface area contributed by atoms with E-state index in [1.54, 1.807) is 24.3 Å². The number of non-ortho nitro benzene ring substituents is 1. The topological polar surface area (TPSA) is 85.4 Å². The Morgan fingerprint density at radius 2 is 1.88 bits per heavy atom. The number of hydrogen-bond donors (Lipinski definition) is 1. The number of nitrogens with zero attached hydrogens (tertiary/aromatic N) is 1. The zero-order chi connectivity index (χ0) is 18.5. The predicted molar refractivity (Wildman–Crippen MR) is 94.1 cm³/mol. The molecule has 0 unspecified atom stereocenters. The van der Waals surface area contributed by atoms with Crippen LogP contribution in [-0.4, -0.2) is 10.8 Å². The Kier molecular flexibility index (Phi) is 5.07. The first-order valence-electron chi connectivity index (χ1n) is 7.90. The number of nitro groups is 1. The number of aryl methyl sites for hydroxylation is 1. The summed E-state index contributed by atoms with van der Waals surface area (Å²) in [6.07, 6.45) is 0.571. The van der Waals surface area contributed by atoms with Crippen LogP contribution in [0.25, 0.3) is 11.3 Å². The van der Waals surface area contributed by atoms with E-state index in [0.29, 0.717) is 29.2 Å². The Balaban J connectivity index is 1.60. The molecule has 3 aromatic rings. The number of nitrogens with one attached hydrogen (secondary N) is 1. The van der Waals surface area contributed by atoms with Crippen molar-refractivity contribution in [3.05, 3.63) is 82.4 Å². The fraction of sp³-hybridized carbons (Fsp3) is 0.105. The number of furan rings is 1. The smallest absolute Gasteiger partial charge is 0.270 e. The van der Waals surface area contributed by atoms with Crippen molar-refractivity contribution >= 4 is 17.3 Å². The number of benzene rings is 2. The van der Waals surface area contributed by atoms with Gasteiger partial charge in [0.15, 0.2) is 0 Å². The monoisotopic (exact) mass is 354 g/mol. The number of nitro benzene ring substituents is 1. The van der Waals surface area contributed by atoms with Gasteiger partial charge in [-0.25, -0.2) is 4.39 Å². The van der Waals surface area contributed by atoms with Crippen LogP contribution in [0, 0.1) is 15.9 Å². The zero-order valence-electron chi connectivity index (χ0n) is 13.6.